The van der Waals surface area contributed by atoms with Gasteiger partial charge in [-0.25, -0.2) is 4.58 Å². The lowest BCUT2D eigenvalue weighted by Crippen LogP contribution is -2.36. The van der Waals surface area contributed by atoms with E-state index in [9.17, 15) is 0 Å². The summed E-state index contributed by atoms with van der Waals surface area (Å²) in [5.74, 6) is 0. The third-order valence-corrected chi connectivity index (χ3v) is 1.75. The first-order valence-corrected chi connectivity index (χ1v) is 4.79. The molecule has 0 saturated carbocycles. The monoisotopic (exact) mass is 170 g/mol. The molecule has 0 heterocycles. The predicted octanol–water partition coefficient (Wildman–Crippen LogP) is 2.93. The summed E-state index contributed by atoms with van der Waals surface area (Å²) in [4.78, 5) is 0. The van der Waals surface area contributed by atoms with E-state index in [2.05, 4.69) is 59.3 Å². The Balaban J connectivity index is 4.68. The Hall–Kier alpha value is -0.330. The van der Waals surface area contributed by atoms with Crippen LogP contribution in [0.5, 0.6) is 0 Å². The zero-order chi connectivity index (χ0) is 9.99. The van der Waals surface area contributed by atoms with Crippen LogP contribution < -0.4 is 0 Å². The van der Waals surface area contributed by atoms with Gasteiger partial charge in [-0.1, -0.05) is 20.8 Å². The van der Waals surface area contributed by atoms with E-state index in [0.717, 1.165) is 6.54 Å². The molecular formula is C11H24N+. The molecule has 12 heavy (non-hydrogen) atoms. The number of rotatable bonds is 1. The molecule has 0 atom stereocenters. The van der Waals surface area contributed by atoms with Gasteiger partial charge in [0.2, 0.25) is 0 Å². The summed E-state index contributed by atoms with van der Waals surface area (Å²) < 4.78 is 2.40. The van der Waals surface area contributed by atoms with Crippen molar-refractivity contribution in [2.75, 3.05) is 6.54 Å². The van der Waals surface area contributed by atoms with Crippen LogP contribution in [0.15, 0.2) is 0 Å². The van der Waals surface area contributed by atoms with E-state index in [1.807, 2.05) is 0 Å². The van der Waals surface area contributed by atoms with Crippen molar-refractivity contribution in [1.82, 2.24) is 0 Å². The van der Waals surface area contributed by atoms with E-state index in [0.29, 0.717) is 0 Å². The molecular weight excluding hydrogens is 146 g/mol. The Morgan fingerprint density at radius 3 is 1.50 bits per heavy atom. The Kier molecular flexibility index (Phi) is 3.49. The van der Waals surface area contributed by atoms with Crippen molar-refractivity contribution in [3.05, 3.63) is 0 Å². The molecule has 0 radical (unpaired) electrons. The molecule has 0 unspecified atom stereocenters. The van der Waals surface area contributed by atoms with Crippen molar-refractivity contribution >= 4 is 6.21 Å². The molecule has 72 valence electrons. The van der Waals surface area contributed by atoms with Crippen molar-refractivity contribution in [2.45, 2.75) is 54.0 Å². The summed E-state index contributed by atoms with van der Waals surface area (Å²) in [6.07, 6.45) is 2.33. The zero-order valence-electron chi connectivity index (χ0n) is 9.73. The topological polar surface area (TPSA) is 3.01 Å². The largest absolute Gasteiger partial charge is 0.235 e. The highest BCUT2D eigenvalue weighted by Crippen LogP contribution is 2.13. The number of nitrogens with zero attached hydrogens (tertiary/aromatic N) is 1. The van der Waals surface area contributed by atoms with Gasteiger partial charge in [0, 0.05) is 5.41 Å². The fraction of sp³-hybridized carbons (Fsp3) is 0.909. The molecule has 0 N–H and O–H groups in total. The SMILES string of the molecule is CC[N+](=CC(C)(C)C)C(C)(C)C. The van der Waals surface area contributed by atoms with Crippen molar-refractivity contribution in [3.63, 3.8) is 0 Å². The Labute approximate surface area is 77.5 Å². The molecule has 0 aliphatic heterocycles. The van der Waals surface area contributed by atoms with Gasteiger partial charge in [-0.15, -0.1) is 0 Å². The maximum Gasteiger partial charge on any atom is 0.153 e. The first-order chi connectivity index (χ1) is 5.17. The van der Waals surface area contributed by atoms with Crippen LogP contribution >= 0.6 is 0 Å². The lowest BCUT2D eigenvalue weighted by atomic mass is 9.97. The Morgan fingerprint density at radius 2 is 1.42 bits per heavy atom. The first kappa shape index (κ1) is 11.7. The smallest absolute Gasteiger partial charge is 0.153 e. The van der Waals surface area contributed by atoms with Gasteiger partial charge in [-0.2, -0.15) is 0 Å². The predicted molar refractivity (Wildman–Crippen MR) is 56.1 cm³/mol. The van der Waals surface area contributed by atoms with Crippen LogP contribution in [-0.4, -0.2) is 22.9 Å². The molecule has 1 nitrogen and oxygen atoms in total. The molecule has 0 aromatic heterocycles. The molecule has 0 aromatic carbocycles. The zero-order valence-corrected chi connectivity index (χ0v) is 9.73. The van der Waals surface area contributed by atoms with Gasteiger partial charge < -0.3 is 0 Å². The maximum atomic E-state index is 2.40. The van der Waals surface area contributed by atoms with Crippen LogP contribution in [0.1, 0.15) is 48.5 Å². The minimum atomic E-state index is 0.252. The lowest BCUT2D eigenvalue weighted by Gasteiger charge is -2.20. The minimum Gasteiger partial charge on any atom is -0.235 e. The van der Waals surface area contributed by atoms with Crippen molar-refractivity contribution in [1.29, 1.82) is 0 Å². The molecule has 0 saturated heterocycles. The molecule has 0 spiro atoms. The van der Waals surface area contributed by atoms with Gasteiger partial charge in [0.1, 0.15) is 12.8 Å². The molecule has 1 heteroatoms. The van der Waals surface area contributed by atoms with E-state index < -0.39 is 0 Å². The highest BCUT2D eigenvalue weighted by atomic mass is 15.1. The van der Waals surface area contributed by atoms with Crippen molar-refractivity contribution in [3.8, 4) is 0 Å². The summed E-state index contributed by atoms with van der Waals surface area (Å²) in [5.41, 5.74) is 0.533. The molecule has 0 aliphatic rings. The molecule has 0 aromatic rings. The van der Waals surface area contributed by atoms with Crippen LogP contribution in [0, 0.1) is 5.41 Å². The standard InChI is InChI=1S/C11H24N/c1-8-12(11(5,6)7)9-10(2,3)4/h9H,8H2,1-7H3/q+1. The number of hydrogen-bond acceptors (Lipinski definition) is 0. The summed E-state index contributed by atoms with van der Waals surface area (Å²) in [6, 6.07) is 0. The van der Waals surface area contributed by atoms with E-state index >= 15 is 0 Å². The minimum absolute atomic E-state index is 0.252. The highest BCUT2D eigenvalue weighted by molar-refractivity contribution is 5.58. The second kappa shape index (κ2) is 3.59. The van der Waals surface area contributed by atoms with E-state index in [4.69, 9.17) is 0 Å². The van der Waals surface area contributed by atoms with Crippen LogP contribution in [0.4, 0.5) is 0 Å². The van der Waals surface area contributed by atoms with Crippen LogP contribution in [0.2, 0.25) is 0 Å². The maximum absolute atomic E-state index is 2.40. The summed E-state index contributed by atoms with van der Waals surface area (Å²) in [5, 5.41) is 0. The van der Waals surface area contributed by atoms with Gasteiger partial charge in [0.15, 0.2) is 5.54 Å². The average molecular weight is 170 g/mol. The van der Waals surface area contributed by atoms with E-state index in [-0.39, 0.29) is 11.0 Å². The van der Waals surface area contributed by atoms with E-state index in [1.165, 1.54) is 0 Å². The third-order valence-electron chi connectivity index (χ3n) is 1.75. The Bertz CT molecular complexity index is 164. The molecule has 0 fully saturated rings. The molecule has 0 bridgehead atoms. The second-order valence-corrected chi connectivity index (χ2v) is 5.45. The number of hydrogen-bond donors (Lipinski definition) is 0. The van der Waals surface area contributed by atoms with Gasteiger partial charge in [0.05, 0.1) is 0 Å². The third kappa shape index (κ3) is 4.53. The van der Waals surface area contributed by atoms with Crippen molar-refractivity contribution < 1.29 is 4.58 Å². The quantitative estimate of drug-likeness (QED) is 0.420. The van der Waals surface area contributed by atoms with Gasteiger partial charge >= 0.3 is 0 Å². The second-order valence-electron chi connectivity index (χ2n) is 5.45. The van der Waals surface area contributed by atoms with Crippen molar-refractivity contribution in [2.24, 2.45) is 5.41 Å². The lowest BCUT2D eigenvalue weighted by molar-refractivity contribution is -0.592. The molecule has 0 amide bonds. The van der Waals surface area contributed by atoms with Crippen LogP contribution in [-0.2, 0) is 0 Å². The first-order valence-electron chi connectivity index (χ1n) is 4.79. The normalized spacial score (nSPS) is 15.1. The molecule has 0 aliphatic carbocycles. The summed E-state index contributed by atoms with van der Waals surface area (Å²) >= 11 is 0. The van der Waals surface area contributed by atoms with Gasteiger partial charge in [-0.3, -0.25) is 0 Å². The van der Waals surface area contributed by atoms with Crippen LogP contribution in [0.25, 0.3) is 0 Å². The Morgan fingerprint density at radius 1 is 1.00 bits per heavy atom. The van der Waals surface area contributed by atoms with E-state index in [1.54, 1.807) is 0 Å². The van der Waals surface area contributed by atoms with Gasteiger partial charge in [0.25, 0.3) is 0 Å². The van der Waals surface area contributed by atoms with Crippen LogP contribution in [0.3, 0.4) is 0 Å². The summed E-state index contributed by atoms with van der Waals surface area (Å²) in [6.45, 7) is 16.7. The average Bonchev–Trinajstić information content (AvgIpc) is 1.78. The highest BCUT2D eigenvalue weighted by Gasteiger charge is 2.24. The fourth-order valence-electron chi connectivity index (χ4n) is 1.23. The fourth-order valence-corrected chi connectivity index (χ4v) is 1.23. The molecule has 0 rings (SSSR count). The van der Waals surface area contributed by atoms with Gasteiger partial charge in [-0.05, 0) is 27.7 Å². The summed E-state index contributed by atoms with van der Waals surface area (Å²) in [7, 11) is 0.